The predicted octanol–water partition coefficient (Wildman–Crippen LogP) is -0.134. The standard InChI is InChI=1S/C12H18N4O2/c1-9(2)11-12(18)15(8-10(17)14-11)6-7-16-5-3-4-13-16/h3-5,9,11H,6-8H2,1-2H3,(H,14,17). The molecule has 1 fully saturated rings. The van der Waals surface area contributed by atoms with Crippen LogP contribution in [-0.2, 0) is 16.1 Å². The average molecular weight is 250 g/mol. The molecule has 0 spiro atoms. The number of carbonyl (C=O) groups excluding carboxylic acids is 2. The highest BCUT2D eigenvalue weighted by atomic mass is 16.2. The molecule has 1 saturated heterocycles. The number of hydrogen-bond donors (Lipinski definition) is 1. The largest absolute Gasteiger partial charge is 0.343 e. The summed E-state index contributed by atoms with van der Waals surface area (Å²) in [6.45, 7) is 5.12. The number of rotatable bonds is 4. The molecule has 1 aromatic heterocycles. The Balaban J connectivity index is 1.98. The number of carbonyl (C=O) groups is 2. The first-order valence-electron chi connectivity index (χ1n) is 6.13. The molecule has 1 unspecified atom stereocenters. The van der Waals surface area contributed by atoms with Crippen LogP contribution in [0.1, 0.15) is 13.8 Å². The van der Waals surface area contributed by atoms with E-state index in [9.17, 15) is 9.59 Å². The van der Waals surface area contributed by atoms with Gasteiger partial charge >= 0.3 is 0 Å². The quantitative estimate of drug-likeness (QED) is 0.809. The number of hydrogen-bond acceptors (Lipinski definition) is 3. The van der Waals surface area contributed by atoms with Gasteiger partial charge < -0.3 is 10.2 Å². The fourth-order valence-electron chi connectivity index (χ4n) is 2.03. The molecular formula is C12H18N4O2. The summed E-state index contributed by atoms with van der Waals surface area (Å²) in [6, 6.07) is 1.44. The summed E-state index contributed by atoms with van der Waals surface area (Å²) in [6.07, 6.45) is 3.54. The van der Waals surface area contributed by atoms with Crippen molar-refractivity contribution in [3.05, 3.63) is 18.5 Å². The van der Waals surface area contributed by atoms with Gasteiger partial charge in [0.25, 0.3) is 0 Å². The molecule has 2 amide bonds. The van der Waals surface area contributed by atoms with Crippen molar-refractivity contribution in [2.24, 2.45) is 5.92 Å². The van der Waals surface area contributed by atoms with Gasteiger partial charge in [-0.3, -0.25) is 14.3 Å². The SMILES string of the molecule is CC(C)C1NC(=O)CN(CCn2cccn2)C1=O. The number of nitrogens with zero attached hydrogens (tertiary/aromatic N) is 3. The Kier molecular flexibility index (Phi) is 3.64. The van der Waals surface area contributed by atoms with Gasteiger partial charge in [0.1, 0.15) is 6.04 Å². The summed E-state index contributed by atoms with van der Waals surface area (Å²) in [7, 11) is 0. The van der Waals surface area contributed by atoms with Gasteiger partial charge in [0, 0.05) is 18.9 Å². The van der Waals surface area contributed by atoms with E-state index in [-0.39, 0.29) is 24.3 Å². The van der Waals surface area contributed by atoms with Crippen molar-refractivity contribution in [2.75, 3.05) is 13.1 Å². The molecule has 0 aliphatic carbocycles. The van der Waals surface area contributed by atoms with Crippen molar-refractivity contribution in [3.8, 4) is 0 Å². The zero-order chi connectivity index (χ0) is 13.1. The summed E-state index contributed by atoms with van der Waals surface area (Å²) in [4.78, 5) is 25.3. The highest BCUT2D eigenvalue weighted by Crippen LogP contribution is 2.10. The third-order valence-corrected chi connectivity index (χ3v) is 3.05. The highest BCUT2D eigenvalue weighted by molar-refractivity contribution is 5.94. The minimum absolute atomic E-state index is 0.00300. The van der Waals surface area contributed by atoms with E-state index in [0.717, 1.165) is 0 Å². The van der Waals surface area contributed by atoms with Crippen LogP contribution in [0.15, 0.2) is 18.5 Å². The van der Waals surface area contributed by atoms with E-state index in [4.69, 9.17) is 0 Å². The van der Waals surface area contributed by atoms with Crippen molar-refractivity contribution in [2.45, 2.75) is 26.4 Å². The zero-order valence-corrected chi connectivity index (χ0v) is 10.7. The molecule has 1 N–H and O–H groups in total. The molecule has 0 radical (unpaired) electrons. The predicted molar refractivity (Wildman–Crippen MR) is 65.6 cm³/mol. The van der Waals surface area contributed by atoms with E-state index in [1.165, 1.54) is 0 Å². The zero-order valence-electron chi connectivity index (χ0n) is 10.7. The highest BCUT2D eigenvalue weighted by Gasteiger charge is 2.34. The van der Waals surface area contributed by atoms with Gasteiger partial charge in [0.2, 0.25) is 11.8 Å². The van der Waals surface area contributed by atoms with Gasteiger partial charge in [-0.05, 0) is 12.0 Å². The van der Waals surface area contributed by atoms with Crippen LogP contribution < -0.4 is 5.32 Å². The molecule has 6 heteroatoms. The number of amides is 2. The molecule has 0 aromatic carbocycles. The lowest BCUT2D eigenvalue weighted by molar-refractivity contribution is -0.145. The van der Waals surface area contributed by atoms with Crippen molar-refractivity contribution in [1.82, 2.24) is 20.0 Å². The lowest BCUT2D eigenvalue weighted by Gasteiger charge is -2.34. The molecule has 6 nitrogen and oxygen atoms in total. The average Bonchev–Trinajstić information content (AvgIpc) is 2.82. The van der Waals surface area contributed by atoms with Crippen LogP contribution in [0.3, 0.4) is 0 Å². The number of nitrogens with one attached hydrogen (secondary N) is 1. The van der Waals surface area contributed by atoms with Crippen LogP contribution in [0.5, 0.6) is 0 Å². The van der Waals surface area contributed by atoms with Crippen molar-refractivity contribution < 1.29 is 9.59 Å². The lowest BCUT2D eigenvalue weighted by atomic mass is 10.0. The van der Waals surface area contributed by atoms with Gasteiger partial charge in [-0.15, -0.1) is 0 Å². The maximum absolute atomic E-state index is 12.2. The Morgan fingerprint density at radius 2 is 2.22 bits per heavy atom. The topological polar surface area (TPSA) is 67.2 Å². The Labute approximate surface area is 106 Å². The third-order valence-electron chi connectivity index (χ3n) is 3.05. The molecule has 1 aliphatic heterocycles. The summed E-state index contributed by atoms with van der Waals surface area (Å²) in [5, 5.41) is 6.81. The van der Waals surface area contributed by atoms with Crippen molar-refractivity contribution >= 4 is 11.8 Å². The molecule has 1 aliphatic rings. The Bertz CT molecular complexity index is 427. The second-order valence-corrected chi connectivity index (χ2v) is 4.82. The molecule has 1 atom stereocenters. The van der Waals surface area contributed by atoms with Crippen LogP contribution in [0.4, 0.5) is 0 Å². The maximum atomic E-state index is 12.2. The van der Waals surface area contributed by atoms with Gasteiger partial charge in [-0.1, -0.05) is 13.8 Å². The Morgan fingerprint density at radius 1 is 1.44 bits per heavy atom. The maximum Gasteiger partial charge on any atom is 0.245 e. The lowest BCUT2D eigenvalue weighted by Crippen LogP contribution is -2.60. The van der Waals surface area contributed by atoms with Crippen LogP contribution in [-0.4, -0.2) is 45.6 Å². The Morgan fingerprint density at radius 3 is 2.83 bits per heavy atom. The first-order valence-corrected chi connectivity index (χ1v) is 6.13. The summed E-state index contributed by atoms with van der Waals surface area (Å²) >= 11 is 0. The van der Waals surface area contributed by atoms with E-state index in [1.54, 1.807) is 15.8 Å². The first-order chi connectivity index (χ1) is 8.58. The van der Waals surface area contributed by atoms with Gasteiger partial charge in [-0.25, -0.2) is 0 Å². The van der Waals surface area contributed by atoms with E-state index < -0.39 is 6.04 Å². The van der Waals surface area contributed by atoms with Crippen LogP contribution >= 0.6 is 0 Å². The van der Waals surface area contributed by atoms with E-state index >= 15 is 0 Å². The fraction of sp³-hybridized carbons (Fsp3) is 0.583. The van der Waals surface area contributed by atoms with Crippen molar-refractivity contribution in [1.29, 1.82) is 0 Å². The molecular weight excluding hydrogens is 232 g/mol. The second-order valence-electron chi connectivity index (χ2n) is 4.82. The molecule has 0 bridgehead atoms. The van der Waals surface area contributed by atoms with E-state index in [2.05, 4.69) is 10.4 Å². The molecule has 98 valence electrons. The Hall–Kier alpha value is -1.85. The number of aromatic nitrogens is 2. The van der Waals surface area contributed by atoms with Gasteiger partial charge in [0.05, 0.1) is 13.1 Å². The number of piperazine rings is 1. The summed E-state index contributed by atoms with van der Waals surface area (Å²) in [5.74, 6) is 0.0134. The van der Waals surface area contributed by atoms with Crippen LogP contribution in [0.25, 0.3) is 0 Å². The second kappa shape index (κ2) is 5.20. The molecule has 2 heterocycles. The summed E-state index contributed by atoms with van der Waals surface area (Å²) < 4.78 is 1.75. The molecule has 1 aromatic rings. The smallest absolute Gasteiger partial charge is 0.245 e. The van der Waals surface area contributed by atoms with Crippen LogP contribution in [0, 0.1) is 5.92 Å². The summed E-state index contributed by atoms with van der Waals surface area (Å²) in [5.41, 5.74) is 0. The minimum Gasteiger partial charge on any atom is -0.343 e. The normalized spacial score (nSPS) is 20.4. The fourth-order valence-corrected chi connectivity index (χ4v) is 2.03. The van der Waals surface area contributed by atoms with E-state index in [0.29, 0.717) is 13.1 Å². The minimum atomic E-state index is -0.399. The van der Waals surface area contributed by atoms with Gasteiger partial charge in [-0.2, -0.15) is 5.10 Å². The third kappa shape index (κ3) is 2.69. The molecule has 18 heavy (non-hydrogen) atoms. The molecule has 0 saturated carbocycles. The van der Waals surface area contributed by atoms with Gasteiger partial charge in [0.15, 0.2) is 0 Å². The first kappa shape index (κ1) is 12.6. The van der Waals surface area contributed by atoms with Crippen LogP contribution in [0.2, 0.25) is 0 Å². The van der Waals surface area contributed by atoms with Crippen molar-refractivity contribution in [3.63, 3.8) is 0 Å². The molecule has 2 rings (SSSR count). The van der Waals surface area contributed by atoms with E-state index in [1.807, 2.05) is 26.1 Å². The monoisotopic (exact) mass is 250 g/mol.